The fourth-order valence-corrected chi connectivity index (χ4v) is 1.71. The fourth-order valence-electron chi connectivity index (χ4n) is 1.71. The molecular weight excluding hydrogens is 254 g/mol. The van der Waals surface area contributed by atoms with Gasteiger partial charge in [-0.1, -0.05) is 0 Å². The van der Waals surface area contributed by atoms with Gasteiger partial charge in [-0.2, -0.15) is 0 Å². The van der Waals surface area contributed by atoms with Crippen LogP contribution in [0.1, 0.15) is 0 Å². The van der Waals surface area contributed by atoms with E-state index >= 15 is 0 Å². The molecule has 1 saturated heterocycles. The Kier molecular flexibility index (Phi) is 3.93. The lowest BCUT2D eigenvalue weighted by atomic mass is 10.2. The van der Waals surface area contributed by atoms with Crippen molar-refractivity contribution in [3.05, 3.63) is 28.3 Å². The Morgan fingerprint density at radius 1 is 1.58 bits per heavy atom. The summed E-state index contributed by atoms with van der Waals surface area (Å²) >= 11 is 0. The summed E-state index contributed by atoms with van der Waals surface area (Å²) in [6.45, 7) is 1.55. The van der Waals surface area contributed by atoms with Crippen LogP contribution in [-0.2, 0) is 9.53 Å². The molecule has 0 radical (unpaired) electrons. The van der Waals surface area contributed by atoms with Crippen LogP contribution < -0.4 is 10.6 Å². The maximum atomic E-state index is 11.8. The topological polar surface area (TPSA) is 114 Å². The number of aromatic hydroxyl groups is 1. The monoisotopic (exact) mass is 267 g/mol. The molecule has 1 amide bonds. The largest absolute Gasteiger partial charge is 0.502 e. The molecule has 0 saturated carbocycles. The normalized spacial score (nSPS) is 18.8. The molecule has 8 nitrogen and oxygen atoms in total. The molecule has 0 aliphatic carbocycles. The molecule has 0 bridgehead atoms. The molecule has 102 valence electrons. The van der Waals surface area contributed by atoms with Gasteiger partial charge in [0.05, 0.1) is 11.5 Å². The first-order valence-electron chi connectivity index (χ1n) is 5.68. The van der Waals surface area contributed by atoms with Crippen molar-refractivity contribution in [2.24, 2.45) is 0 Å². The Hall–Kier alpha value is -2.19. The molecule has 1 aliphatic rings. The lowest BCUT2D eigenvalue weighted by Gasteiger charge is -2.22. The molecule has 1 fully saturated rings. The van der Waals surface area contributed by atoms with Crippen LogP contribution in [0.2, 0.25) is 0 Å². The Morgan fingerprint density at radius 3 is 2.95 bits per heavy atom. The third-order valence-electron chi connectivity index (χ3n) is 2.66. The van der Waals surface area contributed by atoms with Crippen LogP contribution in [0.3, 0.4) is 0 Å². The summed E-state index contributed by atoms with van der Waals surface area (Å²) in [5, 5.41) is 25.5. The molecular formula is C11H13N3O5. The van der Waals surface area contributed by atoms with Gasteiger partial charge < -0.3 is 20.5 Å². The van der Waals surface area contributed by atoms with Gasteiger partial charge in [0.1, 0.15) is 6.10 Å². The number of hydrogen-bond acceptors (Lipinski definition) is 6. The zero-order chi connectivity index (χ0) is 13.8. The molecule has 8 heteroatoms. The van der Waals surface area contributed by atoms with Crippen molar-refractivity contribution < 1.29 is 19.6 Å². The van der Waals surface area contributed by atoms with Crippen molar-refractivity contribution in [3.8, 4) is 5.75 Å². The van der Waals surface area contributed by atoms with E-state index in [1.807, 2.05) is 0 Å². The van der Waals surface area contributed by atoms with Crippen LogP contribution >= 0.6 is 0 Å². The molecule has 0 aromatic heterocycles. The van der Waals surface area contributed by atoms with E-state index in [9.17, 15) is 20.0 Å². The number of morpholine rings is 1. The van der Waals surface area contributed by atoms with Crippen molar-refractivity contribution >= 4 is 17.3 Å². The number of rotatable bonds is 3. The highest BCUT2D eigenvalue weighted by molar-refractivity contribution is 5.94. The fraction of sp³-hybridized carbons (Fsp3) is 0.364. The summed E-state index contributed by atoms with van der Waals surface area (Å²) in [4.78, 5) is 21.6. The second-order valence-corrected chi connectivity index (χ2v) is 4.01. The van der Waals surface area contributed by atoms with Crippen LogP contribution in [0.5, 0.6) is 5.75 Å². The SMILES string of the molecule is O=C(Nc1ccc([N+](=O)[O-])c(O)c1)C1CNCCO1. The number of nitrogens with zero attached hydrogens (tertiary/aromatic N) is 1. The van der Waals surface area contributed by atoms with Gasteiger partial charge in [0, 0.05) is 30.9 Å². The average molecular weight is 267 g/mol. The van der Waals surface area contributed by atoms with Gasteiger partial charge in [0.15, 0.2) is 5.75 Å². The van der Waals surface area contributed by atoms with Gasteiger partial charge in [0.25, 0.3) is 5.91 Å². The molecule has 0 spiro atoms. The van der Waals surface area contributed by atoms with Gasteiger partial charge in [-0.05, 0) is 6.07 Å². The van der Waals surface area contributed by atoms with Crippen molar-refractivity contribution in [2.75, 3.05) is 25.0 Å². The third kappa shape index (κ3) is 3.18. The summed E-state index contributed by atoms with van der Waals surface area (Å²) in [5.41, 5.74) is -0.129. The maximum Gasteiger partial charge on any atom is 0.310 e. The lowest BCUT2D eigenvalue weighted by molar-refractivity contribution is -0.385. The van der Waals surface area contributed by atoms with Crippen molar-refractivity contribution in [1.29, 1.82) is 0 Å². The van der Waals surface area contributed by atoms with Crippen molar-refractivity contribution in [2.45, 2.75) is 6.10 Å². The van der Waals surface area contributed by atoms with E-state index < -0.39 is 22.5 Å². The highest BCUT2D eigenvalue weighted by Gasteiger charge is 2.22. The van der Waals surface area contributed by atoms with Gasteiger partial charge >= 0.3 is 5.69 Å². The number of nitrogens with one attached hydrogen (secondary N) is 2. The van der Waals surface area contributed by atoms with Crippen molar-refractivity contribution in [3.63, 3.8) is 0 Å². The standard InChI is InChI=1S/C11H13N3O5/c15-9-5-7(1-2-8(9)14(17)18)13-11(16)10-6-12-3-4-19-10/h1-2,5,10,12,15H,3-4,6H2,(H,13,16). The molecule has 1 unspecified atom stereocenters. The van der Waals surface area contributed by atoms with Gasteiger partial charge in [-0.3, -0.25) is 14.9 Å². The zero-order valence-electron chi connectivity index (χ0n) is 9.96. The number of nitro groups is 1. The number of carbonyl (C=O) groups is 1. The Morgan fingerprint density at radius 2 is 2.37 bits per heavy atom. The highest BCUT2D eigenvalue weighted by atomic mass is 16.6. The molecule has 1 aromatic rings. The summed E-state index contributed by atoms with van der Waals surface area (Å²) in [5.74, 6) is -0.856. The van der Waals surface area contributed by atoms with E-state index in [0.29, 0.717) is 19.7 Å². The van der Waals surface area contributed by atoms with E-state index in [1.165, 1.54) is 6.07 Å². The minimum absolute atomic E-state index is 0.280. The summed E-state index contributed by atoms with van der Waals surface area (Å²) in [7, 11) is 0. The Bertz CT molecular complexity index is 499. The van der Waals surface area contributed by atoms with E-state index in [2.05, 4.69) is 10.6 Å². The molecule has 3 N–H and O–H groups in total. The van der Waals surface area contributed by atoms with Crippen LogP contribution in [0.15, 0.2) is 18.2 Å². The quantitative estimate of drug-likeness (QED) is 0.533. The summed E-state index contributed by atoms with van der Waals surface area (Å²) in [6.07, 6.45) is -0.605. The number of carbonyl (C=O) groups excluding carboxylic acids is 1. The van der Waals surface area contributed by atoms with Gasteiger partial charge in [0.2, 0.25) is 0 Å². The number of benzene rings is 1. The van der Waals surface area contributed by atoms with Gasteiger partial charge in [-0.25, -0.2) is 0 Å². The van der Waals surface area contributed by atoms with E-state index in [-0.39, 0.29) is 11.6 Å². The summed E-state index contributed by atoms with van der Waals surface area (Å²) < 4.78 is 5.26. The number of hydrogen-bond donors (Lipinski definition) is 3. The molecule has 1 aromatic carbocycles. The molecule has 1 heterocycles. The van der Waals surface area contributed by atoms with Gasteiger partial charge in [-0.15, -0.1) is 0 Å². The third-order valence-corrected chi connectivity index (χ3v) is 2.66. The average Bonchev–Trinajstić information content (AvgIpc) is 2.39. The van der Waals surface area contributed by atoms with Crippen LogP contribution in [0, 0.1) is 10.1 Å². The predicted molar refractivity (Wildman–Crippen MR) is 66.0 cm³/mol. The Labute approximate surface area is 108 Å². The minimum Gasteiger partial charge on any atom is -0.502 e. The van der Waals surface area contributed by atoms with Crippen LogP contribution in [0.25, 0.3) is 0 Å². The zero-order valence-corrected chi connectivity index (χ0v) is 9.96. The lowest BCUT2D eigenvalue weighted by Crippen LogP contribution is -2.45. The number of ether oxygens (including phenoxy) is 1. The maximum absolute atomic E-state index is 11.8. The van der Waals surface area contributed by atoms with E-state index in [0.717, 1.165) is 12.1 Å². The number of phenolic OH excluding ortho intramolecular Hbond substituents is 1. The van der Waals surface area contributed by atoms with E-state index in [4.69, 9.17) is 4.74 Å². The molecule has 1 atom stereocenters. The first-order chi connectivity index (χ1) is 9.08. The van der Waals surface area contributed by atoms with Crippen molar-refractivity contribution in [1.82, 2.24) is 5.32 Å². The molecule has 1 aliphatic heterocycles. The number of nitro benzene ring substituents is 1. The Balaban J connectivity index is 2.04. The second kappa shape index (κ2) is 5.63. The summed E-state index contributed by atoms with van der Waals surface area (Å²) in [6, 6.07) is 3.61. The number of anilines is 1. The highest BCUT2D eigenvalue weighted by Crippen LogP contribution is 2.28. The molecule has 19 heavy (non-hydrogen) atoms. The van der Waals surface area contributed by atoms with Crippen LogP contribution in [-0.4, -0.2) is 41.7 Å². The minimum atomic E-state index is -0.699. The van der Waals surface area contributed by atoms with E-state index in [1.54, 1.807) is 0 Å². The first kappa shape index (κ1) is 13.2. The smallest absolute Gasteiger partial charge is 0.310 e. The first-order valence-corrected chi connectivity index (χ1v) is 5.68. The predicted octanol–water partition coefficient (Wildman–Crippen LogP) is 0.227. The second-order valence-electron chi connectivity index (χ2n) is 4.01. The molecule has 2 rings (SSSR count). The number of amides is 1. The number of phenols is 1. The van der Waals surface area contributed by atoms with Crippen LogP contribution in [0.4, 0.5) is 11.4 Å².